The van der Waals surface area contributed by atoms with Crippen molar-refractivity contribution in [2.45, 2.75) is 18.6 Å². The Balaban J connectivity index is 1.71. The highest BCUT2D eigenvalue weighted by Gasteiger charge is 2.21. The molecular weight excluding hydrogens is 132 g/mol. The molecule has 1 aliphatic rings. The Kier molecular flexibility index (Phi) is 3.25. The standard InChI is InChI=1S/C6H13O2Si/c1-2-3-9-8-5-6-4-7-6/h6H,1-5,9H2. The Morgan fingerprint density at radius 1 is 1.78 bits per heavy atom. The zero-order chi connectivity index (χ0) is 6.53. The molecule has 0 amide bonds. The van der Waals surface area contributed by atoms with Crippen molar-refractivity contribution < 1.29 is 9.16 Å². The molecule has 1 unspecified atom stereocenters. The van der Waals surface area contributed by atoms with Crippen molar-refractivity contribution in [2.24, 2.45) is 0 Å². The van der Waals surface area contributed by atoms with Gasteiger partial charge in [0.1, 0.15) is 6.10 Å². The zero-order valence-corrected chi connectivity index (χ0v) is 7.05. The van der Waals surface area contributed by atoms with E-state index in [9.17, 15) is 0 Å². The predicted molar refractivity (Wildman–Crippen MR) is 39.0 cm³/mol. The maximum absolute atomic E-state index is 5.37. The van der Waals surface area contributed by atoms with E-state index in [1.54, 1.807) is 0 Å². The fourth-order valence-electron chi connectivity index (χ4n) is 0.583. The SMILES string of the molecule is [CH2]CC[SiH2]OCC1CO1. The van der Waals surface area contributed by atoms with Gasteiger partial charge < -0.3 is 9.16 Å². The molecule has 9 heavy (non-hydrogen) atoms. The van der Waals surface area contributed by atoms with E-state index in [4.69, 9.17) is 9.16 Å². The maximum atomic E-state index is 5.37. The second kappa shape index (κ2) is 4.03. The van der Waals surface area contributed by atoms with Crippen LogP contribution in [0.2, 0.25) is 6.04 Å². The second-order valence-corrected chi connectivity index (χ2v) is 3.76. The summed E-state index contributed by atoms with van der Waals surface area (Å²) in [5.74, 6) is 0. The van der Waals surface area contributed by atoms with Crippen LogP contribution in [0, 0.1) is 6.92 Å². The summed E-state index contributed by atoms with van der Waals surface area (Å²) < 4.78 is 10.3. The van der Waals surface area contributed by atoms with Crippen molar-refractivity contribution in [1.82, 2.24) is 0 Å². The molecule has 1 aliphatic heterocycles. The van der Waals surface area contributed by atoms with E-state index in [0.29, 0.717) is 6.10 Å². The molecule has 1 fully saturated rings. The van der Waals surface area contributed by atoms with Crippen LogP contribution in [-0.2, 0) is 9.16 Å². The lowest BCUT2D eigenvalue weighted by atomic mass is 10.5. The molecule has 0 N–H and O–H groups in total. The Bertz CT molecular complexity index is 73.5. The predicted octanol–water partition coefficient (Wildman–Crippen LogP) is 0.128. The normalized spacial score (nSPS) is 25.7. The van der Waals surface area contributed by atoms with Gasteiger partial charge in [-0.1, -0.05) is 13.3 Å². The van der Waals surface area contributed by atoms with E-state index in [1.165, 1.54) is 6.04 Å². The van der Waals surface area contributed by atoms with Gasteiger partial charge in [0.15, 0.2) is 9.76 Å². The average Bonchev–Trinajstić information content (AvgIpc) is 2.63. The van der Waals surface area contributed by atoms with Gasteiger partial charge in [-0.25, -0.2) is 0 Å². The number of epoxide rings is 1. The van der Waals surface area contributed by atoms with E-state index in [-0.39, 0.29) is 9.76 Å². The van der Waals surface area contributed by atoms with Crippen LogP contribution in [0.4, 0.5) is 0 Å². The fourth-order valence-corrected chi connectivity index (χ4v) is 1.42. The highest BCUT2D eigenvalue weighted by Crippen LogP contribution is 2.08. The molecule has 53 valence electrons. The van der Waals surface area contributed by atoms with Crippen LogP contribution in [0.15, 0.2) is 0 Å². The highest BCUT2D eigenvalue weighted by atomic mass is 28.2. The quantitative estimate of drug-likeness (QED) is 0.311. The number of rotatable bonds is 5. The molecule has 2 nitrogen and oxygen atoms in total. The van der Waals surface area contributed by atoms with Crippen LogP contribution in [0.3, 0.4) is 0 Å². The van der Waals surface area contributed by atoms with Crippen molar-refractivity contribution >= 4 is 9.76 Å². The van der Waals surface area contributed by atoms with Crippen LogP contribution < -0.4 is 0 Å². The van der Waals surface area contributed by atoms with Crippen LogP contribution in [0.5, 0.6) is 0 Å². The third-order valence-electron chi connectivity index (χ3n) is 1.24. The minimum Gasteiger partial charge on any atom is -0.421 e. The minimum atomic E-state index is -0.234. The van der Waals surface area contributed by atoms with E-state index in [2.05, 4.69) is 6.92 Å². The van der Waals surface area contributed by atoms with E-state index < -0.39 is 0 Å². The summed E-state index contributed by atoms with van der Waals surface area (Å²) in [5.41, 5.74) is 0. The lowest BCUT2D eigenvalue weighted by Crippen LogP contribution is -2.04. The molecule has 1 radical (unpaired) electrons. The molecule has 0 spiro atoms. The highest BCUT2D eigenvalue weighted by molar-refractivity contribution is 6.27. The van der Waals surface area contributed by atoms with Gasteiger partial charge in [0.25, 0.3) is 0 Å². The second-order valence-electron chi connectivity index (χ2n) is 2.24. The number of hydrogen-bond donors (Lipinski definition) is 0. The molecule has 0 aromatic carbocycles. The van der Waals surface area contributed by atoms with Crippen molar-refractivity contribution in [2.75, 3.05) is 13.2 Å². The summed E-state index contributed by atoms with van der Waals surface area (Å²) in [7, 11) is -0.234. The van der Waals surface area contributed by atoms with Gasteiger partial charge in [-0.3, -0.25) is 0 Å². The summed E-state index contributed by atoms with van der Waals surface area (Å²) in [5, 5.41) is 0. The summed E-state index contributed by atoms with van der Waals surface area (Å²) in [6.45, 7) is 5.50. The van der Waals surface area contributed by atoms with E-state index in [0.717, 1.165) is 19.6 Å². The fraction of sp³-hybridized carbons (Fsp3) is 0.833. The van der Waals surface area contributed by atoms with Crippen molar-refractivity contribution in [1.29, 1.82) is 0 Å². The first-order chi connectivity index (χ1) is 4.43. The molecule has 0 saturated carbocycles. The molecule has 0 bridgehead atoms. The minimum absolute atomic E-state index is 0.234. The van der Waals surface area contributed by atoms with Gasteiger partial charge in [0.2, 0.25) is 0 Å². The molecule has 1 rings (SSSR count). The lowest BCUT2D eigenvalue weighted by molar-refractivity contribution is 0.273. The smallest absolute Gasteiger partial charge is 0.161 e. The molecule has 1 saturated heterocycles. The lowest BCUT2D eigenvalue weighted by Gasteiger charge is -1.97. The molecule has 0 aromatic heterocycles. The zero-order valence-electron chi connectivity index (χ0n) is 5.64. The Morgan fingerprint density at radius 2 is 2.56 bits per heavy atom. The summed E-state index contributed by atoms with van der Waals surface area (Å²) >= 11 is 0. The summed E-state index contributed by atoms with van der Waals surface area (Å²) in [6.07, 6.45) is 1.47. The number of ether oxygens (including phenoxy) is 1. The van der Waals surface area contributed by atoms with Crippen LogP contribution in [-0.4, -0.2) is 29.1 Å². The van der Waals surface area contributed by atoms with E-state index >= 15 is 0 Å². The summed E-state index contributed by atoms with van der Waals surface area (Å²) in [6, 6.07) is 1.20. The van der Waals surface area contributed by atoms with Gasteiger partial charge in [0.05, 0.1) is 13.2 Å². The molecule has 3 heteroatoms. The molecule has 0 aromatic rings. The Morgan fingerprint density at radius 3 is 3.11 bits per heavy atom. The average molecular weight is 145 g/mol. The largest absolute Gasteiger partial charge is 0.421 e. The third kappa shape index (κ3) is 3.67. The van der Waals surface area contributed by atoms with Gasteiger partial charge in [0, 0.05) is 0 Å². The Labute approximate surface area is 58.5 Å². The molecule has 1 atom stereocenters. The summed E-state index contributed by atoms with van der Waals surface area (Å²) in [4.78, 5) is 0. The van der Waals surface area contributed by atoms with Crippen molar-refractivity contribution in [3.8, 4) is 0 Å². The third-order valence-corrected chi connectivity index (χ3v) is 2.56. The van der Waals surface area contributed by atoms with Gasteiger partial charge >= 0.3 is 0 Å². The van der Waals surface area contributed by atoms with Crippen LogP contribution >= 0.6 is 0 Å². The number of hydrogen-bond acceptors (Lipinski definition) is 2. The topological polar surface area (TPSA) is 21.8 Å². The first-order valence-corrected chi connectivity index (χ1v) is 5.00. The van der Waals surface area contributed by atoms with Crippen LogP contribution in [0.25, 0.3) is 0 Å². The van der Waals surface area contributed by atoms with Gasteiger partial charge in [-0.05, 0) is 6.04 Å². The first-order valence-electron chi connectivity index (χ1n) is 3.42. The van der Waals surface area contributed by atoms with Crippen LogP contribution in [0.1, 0.15) is 6.42 Å². The van der Waals surface area contributed by atoms with Crippen molar-refractivity contribution in [3.05, 3.63) is 6.92 Å². The molecule has 1 heterocycles. The maximum Gasteiger partial charge on any atom is 0.161 e. The Hall–Kier alpha value is 0.137. The monoisotopic (exact) mass is 145 g/mol. The molecular formula is C6H13O2Si. The molecule has 0 aliphatic carbocycles. The van der Waals surface area contributed by atoms with Crippen molar-refractivity contribution in [3.63, 3.8) is 0 Å². The first kappa shape index (κ1) is 7.25. The van der Waals surface area contributed by atoms with E-state index in [1.807, 2.05) is 0 Å². The van der Waals surface area contributed by atoms with Gasteiger partial charge in [-0.15, -0.1) is 0 Å². The van der Waals surface area contributed by atoms with Gasteiger partial charge in [-0.2, -0.15) is 0 Å².